The van der Waals surface area contributed by atoms with Gasteiger partial charge in [-0.25, -0.2) is 0 Å². The van der Waals surface area contributed by atoms with Gasteiger partial charge in [0.2, 0.25) is 5.91 Å². The lowest BCUT2D eigenvalue weighted by molar-refractivity contribution is -0.129. The molecule has 19 heavy (non-hydrogen) atoms. The van der Waals surface area contributed by atoms with Gasteiger partial charge < -0.3 is 15.1 Å². The molecule has 4 heteroatoms. The molecule has 2 aliphatic rings. The van der Waals surface area contributed by atoms with Gasteiger partial charge in [0.1, 0.15) is 0 Å². The van der Waals surface area contributed by atoms with Crippen LogP contribution in [0.4, 0.5) is 5.69 Å². The topological polar surface area (TPSA) is 35.6 Å². The van der Waals surface area contributed by atoms with E-state index in [9.17, 15) is 4.79 Å². The van der Waals surface area contributed by atoms with Crippen molar-refractivity contribution in [1.82, 2.24) is 10.2 Å². The SMILES string of the molecule is CN1CCN(c2ccccc2C2CCNC2)CC1=O. The first-order valence-corrected chi connectivity index (χ1v) is 7.04. The lowest BCUT2D eigenvalue weighted by Crippen LogP contribution is -2.48. The third-order valence-electron chi connectivity index (χ3n) is 4.23. The van der Waals surface area contributed by atoms with Gasteiger partial charge in [0.25, 0.3) is 0 Å². The Hall–Kier alpha value is -1.55. The maximum Gasteiger partial charge on any atom is 0.241 e. The zero-order valence-corrected chi connectivity index (χ0v) is 11.4. The average Bonchev–Trinajstić information content (AvgIpc) is 2.96. The van der Waals surface area contributed by atoms with Crippen LogP contribution in [-0.2, 0) is 4.79 Å². The summed E-state index contributed by atoms with van der Waals surface area (Å²) in [6.07, 6.45) is 1.19. The molecule has 102 valence electrons. The number of nitrogens with zero attached hydrogens (tertiary/aromatic N) is 2. The van der Waals surface area contributed by atoms with E-state index in [2.05, 4.69) is 34.5 Å². The van der Waals surface area contributed by atoms with Gasteiger partial charge in [0.15, 0.2) is 0 Å². The van der Waals surface area contributed by atoms with Crippen molar-refractivity contribution < 1.29 is 4.79 Å². The maximum absolute atomic E-state index is 11.9. The van der Waals surface area contributed by atoms with Crippen LogP contribution in [0.15, 0.2) is 24.3 Å². The van der Waals surface area contributed by atoms with E-state index < -0.39 is 0 Å². The van der Waals surface area contributed by atoms with E-state index in [4.69, 9.17) is 0 Å². The summed E-state index contributed by atoms with van der Waals surface area (Å²) >= 11 is 0. The second-order valence-electron chi connectivity index (χ2n) is 5.49. The van der Waals surface area contributed by atoms with E-state index in [0.717, 1.165) is 26.2 Å². The maximum atomic E-state index is 11.9. The van der Waals surface area contributed by atoms with E-state index in [1.54, 1.807) is 0 Å². The minimum absolute atomic E-state index is 0.214. The van der Waals surface area contributed by atoms with Gasteiger partial charge >= 0.3 is 0 Å². The molecule has 0 spiro atoms. The van der Waals surface area contributed by atoms with Crippen molar-refractivity contribution >= 4 is 11.6 Å². The van der Waals surface area contributed by atoms with Crippen molar-refractivity contribution in [3.63, 3.8) is 0 Å². The molecule has 2 saturated heterocycles. The fourth-order valence-electron chi connectivity index (χ4n) is 3.00. The number of amides is 1. The third-order valence-corrected chi connectivity index (χ3v) is 4.23. The van der Waals surface area contributed by atoms with Gasteiger partial charge in [-0.3, -0.25) is 4.79 Å². The number of rotatable bonds is 2. The first-order valence-electron chi connectivity index (χ1n) is 7.04. The van der Waals surface area contributed by atoms with Gasteiger partial charge in [-0.15, -0.1) is 0 Å². The van der Waals surface area contributed by atoms with Crippen molar-refractivity contribution in [2.45, 2.75) is 12.3 Å². The molecule has 4 nitrogen and oxygen atoms in total. The number of likely N-dealkylation sites (N-methyl/N-ethyl adjacent to an activating group) is 1. The molecular formula is C15H21N3O. The van der Waals surface area contributed by atoms with E-state index >= 15 is 0 Å². The molecule has 1 aromatic rings. The van der Waals surface area contributed by atoms with Gasteiger partial charge in [0, 0.05) is 32.4 Å². The van der Waals surface area contributed by atoms with Crippen LogP contribution >= 0.6 is 0 Å². The normalized spacial score (nSPS) is 24.1. The second-order valence-corrected chi connectivity index (χ2v) is 5.49. The largest absolute Gasteiger partial charge is 0.360 e. The standard InChI is InChI=1S/C15H21N3O/c1-17-8-9-18(11-15(17)19)14-5-3-2-4-13(14)12-6-7-16-10-12/h2-5,12,16H,6-11H2,1H3. The van der Waals surface area contributed by atoms with Crippen molar-refractivity contribution in [1.29, 1.82) is 0 Å². The predicted molar refractivity (Wildman–Crippen MR) is 76.5 cm³/mol. The first-order chi connectivity index (χ1) is 9.25. The number of para-hydroxylation sites is 1. The van der Waals surface area contributed by atoms with E-state index in [1.165, 1.54) is 17.7 Å². The minimum Gasteiger partial charge on any atom is -0.360 e. The number of benzene rings is 1. The zero-order chi connectivity index (χ0) is 13.2. The van der Waals surface area contributed by atoms with Crippen LogP contribution in [0.1, 0.15) is 17.9 Å². The van der Waals surface area contributed by atoms with E-state index in [0.29, 0.717) is 12.5 Å². The van der Waals surface area contributed by atoms with Crippen molar-refractivity contribution in [2.75, 3.05) is 44.7 Å². The number of piperazine rings is 1. The van der Waals surface area contributed by atoms with E-state index in [-0.39, 0.29) is 5.91 Å². The molecule has 3 rings (SSSR count). The van der Waals surface area contributed by atoms with Gasteiger partial charge in [-0.2, -0.15) is 0 Å². The highest BCUT2D eigenvalue weighted by Gasteiger charge is 2.26. The van der Waals surface area contributed by atoms with Crippen LogP contribution in [-0.4, -0.2) is 50.6 Å². The Kier molecular flexibility index (Phi) is 3.42. The first kappa shape index (κ1) is 12.5. The van der Waals surface area contributed by atoms with Crippen LogP contribution in [0.2, 0.25) is 0 Å². The summed E-state index contributed by atoms with van der Waals surface area (Å²) in [5, 5.41) is 3.42. The fraction of sp³-hybridized carbons (Fsp3) is 0.533. The number of hydrogen-bond donors (Lipinski definition) is 1. The van der Waals surface area contributed by atoms with Crippen molar-refractivity contribution in [3.8, 4) is 0 Å². The summed E-state index contributed by atoms with van der Waals surface area (Å²) in [7, 11) is 1.88. The van der Waals surface area contributed by atoms with Crippen LogP contribution < -0.4 is 10.2 Å². The molecule has 0 radical (unpaired) electrons. The fourth-order valence-corrected chi connectivity index (χ4v) is 3.00. The molecule has 0 saturated carbocycles. The summed E-state index contributed by atoms with van der Waals surface area (Å²) in [5.74, 6) is 0.802. The number of anilines is 1. The Morgan fingerprint density at radius 2 is 2.11 bits per heavy atom. The average molecular weight is 259 g/mol. The molecule has 1 amide bonds. The Labute approximate surface area is 114 Å². The minimum atomic E-state index is 0.214. The highest BCUT2D eigenvalue weighted by atomic mass is 16.2. The Balaban J connectivity index is 1.85. The molecular weight excluding hydrogens is 238 g/mol. The molecule has 1 unspecified atom stereocenters. The quantitative estimate of drug-likeness (QED) is 0.862. The summed E-state index contributed by atoms with van der Waals surface area (Å²) in [5.41, 5.74) is 2.64. The molecule has 2 fully saturated rings. The summed E-state index contributed by atoms with van der Waals surface area (Å²) < 4.78 is 0. The molecule has 2 aliphatic heterocycles. The number of hydrogen-bond acceptors (Lipinski definition) is 3. The predicted octanol–water partition coefficient (Wildman–Crippen LogP) is 1.04. The van der Waals surface area contributed by atoms with Crippen LogP contribution in [0.5, 0.6) is 0 Å². The van der Waals surface area contributed by atoms with Crippen molar-refractivity contribution in [3.05, 3.63) is 29.8 Å². The van der Waals surface area contributed by atoms with E-state index in [1.807, 2.05) is 11.9 Å². The zero-order valence-electron chi connectivity index (χ0n) is 11.4. The summed E-state index contributed by atoms with van der Waals surface area (Å²) in [6, 6.07) is 8.56. The molecule has 0 aliphatic carbocycles. The number of carbonyl (C=O) groups excluding carboxylic acids is 1. The summed E-state index contributed by atoms with van der Waals surface area (Å²) in [6.45, 7) is 4.41. The van der Waals surface area contributed by atoms with Gasteiger partial charge in [-0.1, -0.05) is 18.2 Å². The molecule has 1 aromatic carbocycles. The molecule has 2 heterocycles. The van der Waals surface area contributed by atoms with Crippen LogP contribution in [0, 0.1) is 0 Å². The molecule has 1 atom stereocenters. The molecule has 0 bridgehead atoms. The third kappa shape index (κ3) is 2.45. The second kappa shape index (κ2) is 5.21. The number of carbonyl (C=O) groups is 1. The van der Waals surface area contributed by atoms with Gasteiger partial charge in [0.05, 0.1) is 6.54 Å². The monoisotopic (exact) mass is 259 g/mol. The Morgan fingerprint density at radius 1 is 1.26 bits per heavy atom. The molecule has 0 aromatic heterocycles. The lowest BCUT2D eigenvalue weighted by Gasteiger charge is -2.35. The summed E-state index contributed by atoms with van der Waals surface area (Å²) in [4.78, 5) is 15.9. The van der Waals surface area contributed by atoms with Crippen molar-refractivity contribution in [2.24, 2.45) is 0 Å². The Bertz CT molecular complexity index is 468. The Morgan fingerprint density at radius 3 is 2.84 bits per heavy atom. The lowest BCUT2D eigenvalue weighted by atomic mass is 9.95. The highest BCUT2D eigenvalue weighted by molar-refractivity contribution is 5.83. The highest BCUT2D eigenvalue weighted by Crippen LogP contribution is 2.31. The van der Waals surface area contributed by atoms with Crippen LogP contribution in [0.25, 0.3) is 0 Å². The number of nitrogens with one attached hydrogen (secondary N) is 1. The van der Waals surface area contributed by atoms with Gasteiger partial charge in [-0.05, 0) is 30.5 Å². The smallest absolute Gasteiger partial charge is 0.241 e. The van der Waals surface area contributed by atoms with Crippen LogP contribution in [0.3, 0.4) is 0 Å². The molecule has 1 N–H and O–H groups in total.